The van der Waals surface area contributed by atoms with Crippen LogP contribution in [0.4, 0.5) is 0 Å². The maximum Gasteiger partial charge on any atom is 0.0928 e. The maximum absolute atomic E-state index is 4.48. The molecule has 4 nitrogen and oxygen atoms in total. The fraction of sp³-hybridized carbons (Fsp3) is 0.0500. The number of nitrogens with zero attached hydrogens (tertiary/aromatic N) is 3. The van der Waals surface area contributed by atoms with E-state index in [9.17, 15) is 0 Å². The minimum atomic E-state index is 0.901. The molecule has 0 aliphatic carbocycles. The zero-order valence-corrected chi connectivity index (χ0v) is 13.3. The molecule has 3 heterocycles. The number of hydrogen-bond donors (Lipinski definition) is 1. The number of aryl methyl sites for hydroxylation is 1. The van der Waals surface area contributed by atoms with E-state index in [0.717, 1.165) is 33.8 Å². The first-order valence-corrected chi connectivity index (χ1v) is 7.79. The summed E-state index contributed by atoms with van der Waals surface area (Å²) < 4.78 is 0. The SMILES string of the molecule is Cc1ccc(-c2cc(-c3cc(-c4ccncc4)[nH]n3)ccn2)cc1. The fourth-order valence-corrected chi connectivity index (χ4v) is 2.62. The number of nitrogens with one attached hydrogen (secondary N) is 1. The molecule has 0 saturated heterocycles. The minimum Gasteiger partial charge on any atom is -0.277 e. The van der Waals surface area contributed by atoms with Gasteiger partial charge in [0.15, 0.2) is 0 Å². The van der Waals surface area contributed by atoms with Crippen molar-refractivity contribution in [2.24, 2.45) is 0 Å². The second-order valence-electron chi connectivity index (χ2n) is 5.70. The van der Waals surface area contributed by atoms with Gasteiger partial charge in [0.25, 0.3) is 0 Å². The highest BCUT2D eigenvalue weighted by atomic mass is 15.1. The Balaban J connectivity index is 1.69. The smallest absolute Gasteiger partial charge is 0.0928 e. The second kappa shape index (κ2) is 6.08. The molecule has 3 aromatic heterocycles. The van der Waals surface area contributed by atoms with Crippen LogP contribution in [0.1, 0.15) is 5.56 Å². The monoisotopic (exact) mass is 312 g/mol. The minimum absolute atomic E-state index is 0.901. The summed E-state index contributed by atoms with van der Waals surface area (Å²) in [6.07, 6.45) is 5.38. The van der Waals surface area contributed by atoms with Gasteiger partial charge in [0.1, 0.15) is 0 Å². The lowest BCUT2D eigenvalue weighted by Gasteiger charge is -2.03. The molecule has 0 bridgehead atoms. The molecule has 116 valence electrons. The molecule has 0 unspecified atom stereocenters. The van der Waals surface area contributed by atoms with Crippen molar-refractivity contribution in [3.63, 3.8) is 0 Å². The van der Waals surface area contributed by atoms with Crippen molar-refractivity contribution in [3.8, 4) is 33.8 Å². The third-order valence-electron chi connectivity index (χ3n) is 3.97. The molecule has 1 N–H and O–H groups in total. The number of aromatic amines is 1. The summed E-state index contributed by atoms with van der Waals surface area (Å²) in [5.74, 6) is 0. The standard InChI is InChI=1S/C20H16N4/c1-14-2-4-15(5-3-14)18-12-17(8-11-22-18)20-13-19(23-24-20)16-6-9-21-10-7-16/h2-13H,1H3,(H,23,24). The Hall–Kier alpha value is -3.27. The summed E-state index contributed by atoms with van der Waals surface area (Å²) in [5, 5.41) is 7.53. The van der Waals surface area contributed by atoms with Crippen molar-refractivity contribution in [2.75, 3.05) is 0 Å². The molecular weight excluding hydrogens is 296 g/mol. The normalized spacial score (nSPS) is 10.7. The first kappa shape index (κ1) is 14.3. The largest absolute Gasteiger partial charge is 0.277 e. The van der Waals surface area contributed by atoms with E-state index in [1.54, 1.807) is 12.4 Å². The van der Waals surface area contributed by atoms with Gasteiger partial charge in [0.05, 0.1) is 17.1 Å². The molecule has 0 atom stereocenters. The average molecular weight is 312 g/mol. The van der Waals surface area contributed by atoms with Crippen LogP contribution in [0.2, 0.25) is 0 Å². The number of hydrogen-bond acceptors (Lipinski definition) is 3. The lowest BCUT2D eigenvalue weighted by atomic mass is 10.1. The molecule has 0 spiro atoms. The van der Waals surface area contributed by atoms with E-state index >= 15 is 0 Å². The molecule has 4 heteroatoms. The van der Waals surface area contributed by atoms with Crippen LogP contribution in [0.5, 0.6) is 0 Å². The van der Waals surface area contributed by atoms with Gasteiger partial charge in [0, 0.05) is 35.3 Å². The van der Waals surface area contributed by atoms with Gasteiger partial charge in [-0.05, 0) is 37.3 Å². The van der Waals surface area contributed by atoms with E-state index in [-0.39, 0.29) is 0 Å². The predicted molar refractivity (Wildman–Crippen MR) is 95.2 cm³/mol. The summed E-state index contributed by atoms with van der Waals surface area (Å²) in [5.41, 5.74) is 7.27. The Morgan fingerprint density at radius 1 is 0.708 bits per heavy atom. The van der Waals surface area contributed by atoms with Gasteiger partial charge in [-0.2, -0.15) is 5.10 Å². The summed E-state index contributed by atoms with van der Waals surface area (Å²) in [6, 6.07) is 18.4. The molecule has 0 fully saturated rings. The van der Waals surface area contributed by atoms with Gasteiger partial charge in [0.2, 0.25) is 0 Å². The van der Waals surface area contributed by atoms with Gasteiger partial charge < -0.3 is 0 Å². The molecule has 0 radical (unpaired) electrons. The van der Waals surface area contributed by atoms with Crippen LogP contribution in [0.25, 0.3) is 33.8 Å². The quantitative estimate of drug-likeness (QED) is 0.605. The second-order valence-corrected chi connectivity index (χ2v) is 5.70. The van der Waals surface area contributed by atoms with Crippen LogP contribution in [0, 0.1) is 6.92 Å². The zero-order chi connectivity index (χ0) is 16.4. The fourth-order valence-electron chi connectivity index (χ4n) is 2.62. The molecule has 0 aliphatic rings. The number of benzene rings is 1. The van der Waals surface area contributed by atoms with Crippen molar-refractivity contribution >= 4 is 0 Å². The molecule has 24 heavy (non-hydrogen) atoms. The van der Waals surface area contributed by atoms with E-state index in [0.29, 0.717) is 0 Å². The molecular formula is C20H16N4. The highest BCUT2D eigenvalue weighted by Gasteiger charge is 2.08. The van der Waals surface area contributed by atoms with Crippen LogP contribution in [0.15, 0.2) is 73.2 Å². The van der Waals surface area contributed by atoms with Crippen LogP contribution in [0.3, 0.4) is 0 Å². The molecule has 1 aromatic carbocycles. The number of aromatic nitrogens is 4. The number of rotatable bonds is 3. The Bertz CT molecular complexity index is 956. The van der Waals surface area contributed by atoms with Gasteiger partial charge in [-0.25, -0.2) is 0 Å². The van der Waals surface area contributed by atoms with E-state index in [1.165, 1.54) is 5.56 Å². The summed E-state index contributed by atoms with van der Waals surface area (Å²) in [4.78, 5) is 8.53. The Kier molecular flexibility index (Phi) is 3.63. The third kappa shape index (κ3) is 2.82. The summed E-state index contributed by atoms with van der Waals surface area (Å²) in [6.45, 7) is 2.08. The van der Waals surface area contributed by atoms with Crippen LogP contribution in [-0.4, -0.2) is 20.2 Å². The lowest BCUT2D eigenvalue weighted by molar-refractivity contribution is 1.10. The lowest BCUT2D eigenvalue weighted by Crippen LogP contribution is -1.86. The van der Waals surface area contributed by atoms with E-state index in [4.69, 9.17) is 0 Å². The average Bonchev–Trinajstić information content (AvgIpc) is 3.13. The van der Waals surface area contributed by atoms with Crippen molar-refractivity contribution in [2.45, 2.75) is 6.92 Å². The Morgan fingerprint density at radius 3 is 2.25 bits per heavy atom. The predicted octanol–water partition coefficient (Wildman–Crippen LogP) is 4.51. The van der Waals surface area contributed by atoms with E-state index < -0.39 is 0 Å². The van der Waals surface area contributed by atoms with Gasteiger partial charge in [-0.1, -0.05) is 29.8 Å². The van der Waals surface area contributed by atoms with Crippen molar-refractivity contribution < 1.29 is 0 Å². The van der Waals surface area contributed by atoms with Crippen LogP contribution >= 0.6 is 0 Å². The molecule has 0 saturated carbocycles. The van der Waals surface area contributed by atoms with E-state index in [2.05, 4.69) is 57.4 Å². The molecule has 4 rings (SSSR count). The van der Waals surface area contributed by atoms with Crippen LogP contribution in [-0.2, 0) is 0 Å². The zero-order valence-electron chi connectivity index (χ0n) is 13.3. The van der Waals surface area contributed by atoms with Crippen molar-refractivity contribution in [3.05, 3.63) is 78.8 Å². The highest BCUT2D eigenvalue weighted by Crippen LogP contribution is 2.26. The Morgan fingerprint density at radius 2 is 1.46 bits per heavy atom. The molecule has 4 aromatic rings. The number of pyridine rings is 2. The molecule has 0 amide bonds. The topological polar surface area (TPSA) is 54.5 Å². The first-order chi connectivity index (χ1) is 11.8. The molecule has 0 aliphatic heterocycles. The van der Waals surface area contributed by atoms with Gasteiger partial charge >= 0.3 is 0 Å². The summed E-state index contributed by atoms with van der Waals surface area (Å²) >= 11 is 0. The van der Waals surface area contributed by atoms with E-state index in [1.807, 2.05) is 30.5 Å². The van der Waals surface area contributed by atoms with Crippen LogP contribution < -0.4 is 0 Å². The van der Waals surface area contributed by atoms with Gasteiger partial charge in [-0.15, -0.1) is 0 Å². The van der Waals surface area contributed by atoms with Gasteiger partial charge in [-0.3, -0.25) is 15.1 Å². The number of H-pyrrole nitrogens is 1. The maximum atomic E-state index is 4.48. The van der Waals surface area contributed by atoms with Crippen molar-refractivity contribution in [1.29, 1.82) is 0 Å². The Labute approximate surface area is 140 Å². The van der Waals surface area contributed by atoms with Crippen molar-refractivity contribution in [1.82, 2.24) is 20.2 Å². The highest BCUT2D eigenvalue weighted by molar-refractivity contribution is 5.71. The first-order valence-electron chi connectivity index (χ1n) is 7.79. The third-order valence-corrected chi connectivity index (χ3v) is 3.97. The summed E-state index contributed by atoms with van der Waals surface area (Å²) in [7, 11) is 0.